The minimum absolute atomic E-state index is 0.0474. The summed E-state index contributed by atoms with van der Waals surface area (Å²) in [5, 5.41) is 4.85. The maximum Gasteiger partial charge on any atom is 0.224 e. The van der Waals surface area contributed by atoms with E-state index in [2.05, 4.69) is 4.57 Å². The van der Waals surface area contributed by atoms with Crippen LogP contribution in [0.3, 0.4) is 0 Å². The van der Waals surface area contributed by atoms with Gasteiger partial charge in [0.25, 0.3) is 0 Å². The zero-order valence-electron chi connectivity index (χ0n) is 18.7. The zero-order chi connectivity index (χ0) is 23.1. The third-order valence-electron chi connectivity index (χ3n) is 6.28. The van der Waals surface area contributed by atoms with Crippen LogP contribution in [0.2, 0.25) is 0 Å². The summed E-state index contributed by atoms with van der Waals surface area (Å²) in [5.74, 6) is 0.143. The fourth-order valence-corrected chi connectivity index (χ4v) is 4.81. The highest BCUT2D eigenvalue weighted by Gasteiger charge is 2.29. The van der Waals surface area contributed by atoms with Crippen molar-refractivity contribution in [2.75, 3.05) is 4.90 Å². The minimum Gasteiger partial charge on any atom is -0.311 e. The number of halogens is 1. The van der Waals surface area contributed by atoms with E-state index in [4.69, 9.17) is 5.10 Å². The number of benzene rings is 2. The molecule has 33 heavy (non-hydrogen) atoms. The van der Waals surface area contributed by atoms with Gasteiger partial charge in [0.15, 0.2) is 11.6 Å². The number of carbonyl (C=O) groups excluding carboxylic acids is 2. The number of aromatic nitrogens is 3. The van der Waals surface area contributed by atoms with Gasteiger partial charge in [-0.05, 0) is 49.1 Å². The average molecular weight is 445 g/mol. The van der Waals surface area contributed by atoms with E-state index in [1.807, 2.05) is 30.3 Å². The molecule has 0 atom stereocenters. The Labute approximate surface area is 191 Å². The van der Waals surface area contributed by atoms with Crippen LogP contribution in [0.1, 0.15) is 48.6 Å². The third-order valence-corrected chi connectivity index (χ3v) is 6.28. The molecule has 3 heterocycles. The molecule has 1 aliphatic heterocycles. The molecule has 0 N–H and O–H groups in total. The second kappa shape index (κ2) is 8.31. The van der Waals surface area contributed by atoms with Gasteiger partial charge in [0.1, 0.15) is 17.2 Å². The molecule has 2 aromatic heterocycles. The molecule has 0 aliphatic carbocycles. The molecule has 6 nitrogen and oxygen atoms in total. The van der Waals surface area contributed by atoms with Crippen molar-refractivity contribution < 1.29 is 14.0 Å². The zero-order valence-corrected chi connectivity index (χ0v) is 18.7. The maximum absolute atomic E-state index is 13.4. The Kier molecular flexibility index (Phi) is 5.32. The van der Waals surface area contributed by atoms with Crippen LogP contribution in [0.15, 0.2) is 54.6 Å². The quantitative estimate of drug-likeness (QED) is 0.406. The van der Waals surface area contributed by atoms with Crippen LogP contribution in [0.4, 0.5) is 10.1 Å². The van der Waals surface area contributed by atoms with Crippen molar-refractivity contribution in [2.45, 2.75) is 46.2 Å². The lowest BCUT2D eigenvalue weighted by Gasteiger charge is -2.21. The molecule has 0 saturated heterocycles. The van der Waals surface area contributed by atoms with E-state index in [0.717, 1.165) is 48.1 Å². The number of amides is 1. The highest BCUT2D eigenvalue weighted by Crippen LogP contribution is 2.37. The number of Topliss-reactive ketones (excluding diaryl/α,β-unsaturated/α-hetero) is 1. The number of carbonyl (C=O) groups is 2. The highest BCUT2D eigenvalue weighted by atomic mass is 19.1. The molecule has 0 unspecified atom stereocenters. The van der Waals surface area contributed by atoms with Gasteiger partial charge in [-0.3, -0.25) is 9.59 Å². The number of rotatable bonds is 5. The van der Waals surface area contributed by atoms with Gasteiger partial charge >= 0.3 is 0 Å². The van der Waals surface area contributed by atoms with Crippen molar-refractivity contribution in [3.63, 3.8) is 0 Å². The molecule has 1 amide bonds. The first-order valence-corrected chi connectivity index (χ1v) is 11.2. The number of hydrogen-bond donors (Lipinski definition) is 0. The molecule has 0 bridgehead atoms. The summed E-state index contributed by atoms with van der Waals surface area (Å²) < 4.78 is 17.3. The van der Waals surface area contributed by atoms with Gasteiger partial charge in [0.2, 0.25) is 5.91 Å². The first-order valence-electron chi connectivity index (χ1n) is 11.2. The predicted molar refractivity (Wildman–Crippen MR) is 125 cm³/mol. The van der Waals surface area contributed by atoms with Crippen molar-refractivity contribution in [3.8, 4) is 11.1 Å². The number of ketones is 1. The van der Waals surface area contributed by atoms with Gasteiger partial charge in [-0.15, -0.1) is 0 Å². The molecule has 0 saturated carbocycles. The van der Waals surface area contributed by atoms with Crippen molar-refractivity contribution in [3.05, 3.63) is 77.5 Å². The molecule has 5 rings (SSSR count). The second-order valence-corrected chi connectivity index (χ2v) is 8.47. The van der Waals surface area contributed by atoms with E-state index in [1.54, 1.807) is 28.5 Å². The van der Waals surface area contributed by atoms with Crippen molar-refractivity contribution in [1.82, 2.24) is 14.2 Å². The van der Waals surface area contributed by atoms with Gasteiger partial charge < -0.3 is 9.47 Å². The first-order chi connectivity index (χ1) is 16.0. The normalized spacial score (nSPS) is 13.2. The van der Waals surface area contributed by atoms with Gasteiger partial charge in [0.05, 0.1) is 6.54 Å². The molecule has 0 radical (unpaired) electrons. The standard InChI is InChI=1S/C26H25FN4O2/c1-17(32)25-24(19-8-4-3-5-9-19)22-10-6-7-15-29-23(28-31(25)26(22)29)16-30(18(2)33)21-13-11-20(27)12-14-21/h3-5,8-9,11-14H,6-7,10,15-16H2,1-2H3. The lowest BCUT2D eigenvalue weighted by atomic mass is 9.97. The molecule has 4 aromatic rings. The van der Waals surface area contributed by atoms with Crippen molar-refractivity contribution >= 4 is 23.0 Å². The van der Waals surface area contributed by atoms with Crippen LogP contribution in [-0.2, 0) is 24.3 Å². The van der Waals surface area contributed by atoms with Crippen molar-refractivity contribution in [1.29, 1.82) is 0 Å². The SMILES string of the molecule is CC(=O)c1c(-c2ccccc2)c2c3n(c(CN(C(C)=O)c4ccc(F)cc4)nn13)CCCC2. The van der Waals surface area contributed by atoms with Crippen LogP contribution in [0.25, 0.3) is 16.8 Å². The molecule has 0 spiro atoms. The molecule has 1 aliphatic rings. The van der Waals surface area contributed by atoms with Gasteiger partial charge in [0, 0.05) is 37.2 Å². The Morgan fingerprint density at radius 3 is 2.42 bits per heavy atom. The van der Waals surface area contributed by atoms with Gasteiger partial charge in [-0.2, -0.15) is 5.10 Å². The van der Waals surface area contributed by atoms with Crippen LogP contribution in [-0.4, -0.2) is 25.9 Å². The molecule has 2 aromatic carbocycles. The van der Waals surface area contributed by atoms with E-state index in [0.29, 0.717) is 17.2 Å². The Balaban J connectivity index is 1.69. The minimum atomic E-state index is -0.354. The van der Waals surface area contributed by atoms with E-state index in [-0.39, 0.29) is 24.1 Å². The molecular weight excluding hydrogens is 419 g/mol. The van der Waals surface area contributed by atoms with Crippen LogP contribution < -0.4 is 4.90 Å². The van der Waals surface area contributed by atoms with Crippen LogP contribution >= 0.6 is 0 Å². The summed E-state index contributed by atoms with van der Waals surface area (Å²) in [5.41, 5.74) is 5.19. The summed E-state index contributed by atoms with van der Waals surface area (Å²) in [6.07, 6.45) is 2.85. The van der Waals surface area contributed by atoms with E-state index >= 15 is 0 Å². The lowest BCUT2D eigenvalue weighted by Crippen LogP contribution is -2.29. The lowest BCUT2D eigenvalue weighted by molar-refractivity contribution is -0.116. The number of hydrogen-bond acceptors (Lipinski definition) is 3. The maximum atomic E-state index is 13.4. The summed E-state index contributed by atoms with van der Waals surface area (Å²) in [6.45, 7) is 4.06. The molecule has 0 fully saturated rings. The van der Waals surface area contributed by atoms with Crippen LogP contribution in [0, 0.1) is 5.82 Å². The summed E-state index contributed by atoms with van der Waals surface area (Å²) in [7, 11) is 0. The first kappa shape index (κ1) is 21.1. The average Bonchev–Trinajstić information content (AvgIpc) is 3.20. The second-order valence-electron chi connectivity index (χ2n) is 8.47. The van der Waals surface area contributed by atoms with E-state index in [9.17, 15) is 14.0 Å². The van der Waals surface area contributed by atoms with Crippen LogP contribution in [0.5, 0.6) is 0 Å². The monoisotopic (exact) mass is 444 g/mol. The van der Waals surface area contributed by atoms with E-state index < -0.39 is 0 Å². The Morgan fingerprint density at radius 1 is 1.03 bits per heavy atom. The van der Waals surface area contributed by atoms with Gasteiger partial charge in [-0.25, -0.2) is 8.91 Å². The fraction of sp³-hybridized carbons (Fsp3) is 0.269. The summed E-state index contributed by atoms with van der Waals surface area (Å²) >= 11 is 0. The number of nitrogens with zero attached hydrogens (tertiary/aromatic N) is 4. The van der Waals surface area contributed by atoms with E-state index in [1.165, 1.54) is 19.1 Å². The highest BCUT2D eigenvalue weighted by molar-refractivity contribution is 6.02. The Morgan fingerprint density at radius 2 is 1.76 bits per heavy atom. The number of aryl methyl sites for hydroxylation is 2. The Bertz CT molecular complexity index is 1350. The third kappa shape index (κ3) is 3.63. The van der Waals surface area contributed by atoms with Gasteiger partial charge in [-0.1, -0.05) is 30.3 Å². The molecule has 7 heteroatoms. The van der Waals surface area contributed by atoms with Crippen molar-refractivity contribution in [2.24, 2.45) is 0 Å². The smallest absolute Gasteiger partial charge is 0.224 e. The topological polar surface area (TPSA) is 59.6 Å². The largest absolute Gasteiger partial charge is 0.311 e. The number of anilines is 1. The predicted octanol–water partition coefficient (Wildman–Crippen LogP) is 5.03. The Hall–Kier alpha value is -3.74. The molecular formula is C26H25FN4O2. The summed E-state index contributed by atoms with van der Waals surface area (Å²) in [6, 6.07) is 15.8. The summed E-state index contributed by atoms with van der Waals surface area (Å²) in [4.78, 5) is 26.9. The fourth-order valence-electron chi connectivity index (χ4n) is 4.81. The molecule has 168 valence electrons.